The van der Waals surface area contributed by atoms with Crippen LogP contribution in [0.2, 0.25) is 0 Å². The Kier molecular flexibility index (Phi) is 10.2. The largest absolute Gasteiger partial charge is 0.593 e. The third kappa shape index (κ3) is 5.92. The van der Waals surface area contributed by atoms with Crippen LogP contribution >= 0.6 is 0 Å². The molecule has 0 aromatic heterocycles. The van der Waals surface area contributed by atoms with Gasteiger partial charge in [-0.05, 0) is 6.42 Å². The van der Waals surface area contributed by atoms with Gasteiger partial charge in [0.15, 0.2) is 4.90 Å². The smallest absolute Gasteiger partial charge is 0.422 e. The lowest BCUT2D eigenvalue weighted by Crippen LogP contribution is -2.38. The van der Waals surface area contributed by atoms with Crippen LogP contribution in [-0.4, -0.2) is 51.2 Å². The standard InChI is InChI=1S/C11H25N2O5/c1-6-7-8-9-10-18-11(12(14-2)15-3)13(16-4)17-5/h6-10H2,1-5H3/q+1. The zero-order valence-corrected chi connectivity index (χ0v) is 12.0. The van der Waals surface area contributed by atoms with Gasteiger partial charge in [0.2, 0.25) is 0 Å². The number of rotatable bonds is 9. The van der Waals surface area contributed by atoms with Crippen molar-refractivity contribution in [3.8, 4) is 0 Å². The average molecular weight is 265 g/mol. The molecule has 7 nitrogen and oxygen atoms in total. The summed E-state index contributed by atoms with van der Waals surface area (Å²) >= 11 is 0. The average Bonchev–Trinajstić information content (AvgIpc) is 2.40. The van der Waals surface area contributed by atoms with E-state index in [0.29, 0.717) is 6.61 Å². The quantitative estimate of drug-likeness (QED) is 0.272. The maximum absolute atomic E-state index is 5.55. The lowest BCUT2D eigenvalue weighted by atomic mass is 10.2. The van der Waals surface area contributed by atoms with E-state index in [0.717, 1.165) is 23.0 Å². The number of ether oxygens (including phenoxy) is 1. The van der Waals surface area contributed by atoms with Gasteiger partial charge in [-0.15, -0.1) is 0 Å². The molecule has 0 saturated carbocycles. The molecule has 0 amide bonds. The van der Waals surface area contributed by atoms with Gasteiger partial charge >= 0.3 is 6.02 Å². The minimum Gasteiger partial charge on any atom is -0.422 e. The van der Waals surface area contributed by atoms with E-state index < -0.39 is 0 Å². The maximum Gasteiger partial charge on any atom is 0.593 e. The molecule has 0 aliphatic rings. The second kappa shape index (κ2) is 10.9. The van der Waals surface area contributed by atoms with E-state index in [4.69, 9.17) is 24.1 Å². The van der Waals surface area contributed by atoms with Crippen molar-refractivity contribution in [1.82, 2.24) is 5.23 Å². The summed E-state index contributed by atoms with van der Waals surface area (Å²) in [5.74, 6) is 0. The van der Waals surface area contributed by atoms with E-state index in [1.54, 1.807) is 0 Å². The van der Waals surface area contributed by atoms with Crippen LogP contribution in [-0.2, 0) is 24.1 Å². The molecule has 108 valence electrons. The van der Waals surface area contributed by atoms with Gasteiger partial charge in [-0.2, -0.15) is 9.68 Å². The Morgan fingerprint density at radius 3 is 2.00 bits per heavy atom. The van der Waals surface area contributed by atoms with E-state index >= 15 is 0 Å². The van der Waals surface area contributed by atoms with Gasteiger partial charge in [0.25, 0.3) is 0 Å². The van der Waals surface area contributed by atoms with Gasteiger partial charge in [0.05, 0.1) is 26.1 Å². The van der Waals surface area contributed by atoms with Crippen molar-refractivity contribution in [3.63, 3.8) is 0 Å². The summed E-state index contributed by atoms with van der Waals surface area (Å²) in [6.45, 7) is 2.69. The minimum absolute atomic E-state index is 0.182. The summed E-state index contributed by atoms with van der Waals surface area (Å²) in [6.07, 6.45) is 4.43. The van der Waals surface area contributed by atoms with Crippen molar-refractivity contribution in [1.29, 1.82) is 0 Å². The summed E-state index contributed by atoms with van der Waals surface area (Å²) in [5.41, 5.74) is 0. The lowest BCUT2D eigenvalue weighted by Gasteiger charge is -2.12. The molecule has 7 heteroatoms. The van der Waals surface area contributed by atoms with Crippen LogP contribution < -0.4 is 0 Å². The molecule has 0 fully saturated rings. The van der Waals surface area contributed by atoms with Gasteiger partial charge in [-0.3, -0.25) is 0 Å². The summed E-state index contributed by atoms with van der Waals surface area (Å²) in [5, 5.41) is 1.06. The molecule has 0 N–H and O–H groups in total. The van der Waals surface area contributed by atoms with Crippen LogP contribution in [0.15, 0.2) is 0 Å². The zero-order chi connectivity index (χ0) is 13.8. The molecule has 0 bridgehead atoms. The first-order valence-electron chi connectivity index (χ1n) is 6.01. The molecule has 0 spiro atoms. The Hall–Kier alpha value is -1.21. The highest BCUT2D eigenvalue weighted by molar-refractivity contribution is 5.65. The number of hydrogen-bond acceptors (Lipinski definition) is 5. The first-order valence-corrected chi connectivity index (χ1v) is 6.01. The van der Waals surface area contributed by atoms with Gasteiger partial charge < -0.3 is 14.4 Å². The fraction of sp³-hybridized carbons (Fsp3) is 0.909. The van der Waals surface area contributed by atoms with E-state index in [-0.39, 0.29) is 6.02 Å². The normalized spacial score (nSPS) is 9.83. The molecule has 18 heavy (non-hydrogen) atoms. The maximum atomic E-state index is 5.55. The number of unbranched alkanes of at least 4 members (excludes halogenated alkanes) is 3. The molecule has 0 radical (unpaired) electrons. The van der Waals surface area contributed by atoms with Gasteiger partial charge in [-0.1, -0.05) is 26.2 Å². The van der Waals surface area contributed by atoms with Crippen molar-refractivity contribution < 1.29 is 29.0 Å². The van der Waals surface area contributed by atoms with Gasteiger partial charge in [0.1, 0.15) is 14.2 Å². The molecule has 0 aliphatic carbocycles. The number of hydroxylamine groups is 2. The topological polar surface area (TPSA) is 52.4 Å². The number of hydrogen-bond donors (Lipinski definition) is 0. The first kappa shape index (κ1) is 16.8. The Morgan fingerprint density at radius 1 is 0.944 bits per heavy atom. The van der Waals surface area contributed by atoms with E-state index in [9.17, 15) is 0 Å². The molecule has 0 aromatic carbocycles. The number of nitrogens with zero attached hydrogens (tertiary/aromatic N) is 2. The molecule has 0 saturated heterocycles. The third-order valence-electron chi connectivity index (χ3n) is 2.20. The van der Waals surface area contributed by atoms with Crippen molar-refractivity contribution in [2.24, 2.45) is 0 Å². The van der Waals surface area contributed by atoms with E-state index in [1.807, 2.05) is 0 Å². The monoisotopic (exact) mass is 265 g/mol. The molecule has 0 atom stereocenters. The first-order chi connectivity index (χ1) is 8.74. The van der Waals surface area contributed by atoms with Crippen molar-refractivity contribution in [3.05, 3.63) is 0 Å². The van der Waals surface area contributed by atoms with E-state index in [2.05, 4.69) is 6.92 Å². The summed E-state index contributed by atoms with van der Waals surface area (Å²) in [7, 11) is 5.81. The molecule has 0 heterocycles. The van der Waals surface area contributed by atoms with Crippen molar-refractivity contribution in [2.45, 2.75) is 32.6 Å². The second-order valence-corrected chi connectivity index (χ2v) is 3.44. The second-order valence-electron chi connectivity index (χ2n) is 3.44. The fourth-order valence-electron chi connectivity index (χ4n) is 1.33. The number of amidine groups is 1. The third-order valence-corrected chi connectivity index (χ3v) is 2.20. The van der Waals surface area contributed by atoms with Crippen molar-refractivity contribution >= 4 is 6.02 Å². The summed E-state index contributed by atoms with van der Waals surface area (Å²) in [6, 6.07) is 0.182. The Labute approximate surface area is 109 Å². The summed E-state index contributed by atoms with van der Waals surface area (Å²) < 4.78 is 5.55. The van der Waals surface area contributed by atoms with Crippen LogP contribution in [0.1, 0.15) is 32.6 Å². The zero-order valence-electron chi connectivity index (χ0n) is 12.0. The minimum atomic E-state index is 0.182. The predicted octanol–water partition coefficient (Wildman–Crippen LogP) is 1.50. The Bertz CT molecular complexity index is 225. The Balaban J connectivity index is 4.43. The highest BCUT2D eigenvalue weighted by Crippen LogP contribution is 2.02. The highest BCUT2D eigenvalue weighted by atomic mass is 17.0. The van der Waals surface area contributed by atoms with Crippen LogP contribution in [0.25, 0.3) is 0 Å². The van der Waals surface area contributed by atoms with Gasteiger partial charge in [-0.25, -0.2) is 0 Å². The van der Waals surface area contributed by atoms with Crippen LogP contribution in [0, 0.1) is 0 Å². The highest BCUT2D eigenvalue weighted by Gasteiger charge is 2.31. The fourth-order valence-corrected chi connectivity index (χ4v) is 1.33. The van der Waals surface area contributed by atoms with Crippen molar-refractivity contribution in [2.75, 3.05) is 35.0 Å². The Morgan fingerprint density at radius 2 is 1.56 bits per heavy atom. The molecule has 0 aromatic rings. The summed E-state index contributed by atoms with van der Waals surface area (Å²) in [4.78, 5) is 20.9. The molecule has 0 rings (SSSR count). The molecular formula is C11H25N2O5+. The SMILES string of the molecule is CCCCCCOC(N(OC)OC)=[N+](OC)OC. The molecular weight excluding hydrogens is 240 g/mol. The van der Waals surface area contributed by atoms with Crippen LogP contribution in [0.4, 0.5) is 0 Å². The lowest BCUT2D eigenvalue weighted by molar-refractivity contribution is -0.965. The van der Waals surface area contributed by atoms with Gasteiger partial charge in [0, 0.05) is 0 Å². The van der Waals surface area contributed by atoms with E-state index in [1.165, 1.54) is 41.3 Å². The van der Waals surface area contributed by atoms with Crippen LogP contribution in [0.3, 0.4) is 0 Å². The molecule has 0 unspecified atom stereocenters. The van der Waals surface area contributed by atoms with Crippen LogP contribution in [0.5, 0.6) is 0 Å². The molecule has 0 aliphatic heterocycles. The predicted molar refractivity (Wildman–Crippen MR) is 65.2 cm³/mol.